The number of esters is 1. The van der Waals surface area contributed by atoms with Gasteiger partial charge in [0.1, 0.15) is 26.5 Å². The van der Waals surface area contributed by atoms with E-state index in [9.17, 15) is 18.4 Å². The Hall–Kier alpha value is -2.95. The SMILES string of the molecule is COc1c(-c2cc(C(C)(C)OC(C)=O)ccc2Oc2ccc(F)cc2F)cn(C)c(=O)c1I. The van der Waals surface area contributed by atoms with Crippen molar-refractivity contribution >= 4 is 28.6 Å². The van der Waals surface area contributed by atoms with Crippen LogP contribution in [0.3, 0.4) is 0 Å². The Morgan fingerprint density at radius 2 is 1.73 bits per heavy atom. The molecular formula is C24H22F2INO5. The van der Waals surface area contributed by atoms with E-state index in [1.54, 1.807) is 45.3 Å². The molecule has 33 heavy (non-hydrogen) atoms. The van der Waals surface area contributed by atoms with Crippen LogP contribution in [0.5, 0.6) is 17.2 Å². The number of aryl methyl sites for hydroxylation is 1. The highest BCUT2D eigenvalue weighted by Gasteiger charge is 2.27. The Bertz CT molecular complexity index is 1290. The smallest absolute Gasteiger partial charge is 0.303 e. The average Bonchev–Trinajstić information content (AvgIpc) is 2.73. The second-order valence-electron chi connectivity index (χ2n) is 7.80. The summed E-state index contributed by atoms with van der Waals surface area (Å²) in [5.41, 5.74) is 0.357. The molecule has 0 saturated carbocycles. The number of carbonyl (C=O) groups excluding carboxylic acids is 1. The van der Waals surface area contributed by atoms with Gasteiger partial charge < -0.3 is 18.8 Å². The van der Waals surface area contributed by atoms with Crippen molar-refractivity contribution in [3.8, 4) is 28.4 Å². The van der Waals surface area contributed by atoms with Crippen molar-refractivity contribution in [3.05, 3.63) is 73.7 Å². The minimum Gasteiger partial charge on any atom is -0.495 e. The van der Waals surface area contributed by atoms with Crippen LogP contribution < -0.4 is 15.0 Å². The van der Waals surface area contributed by atoms with Crippen molar-refractivity contribution in [1.82, 2.24) is 4.57 Å². The zero-order chi connectivity index (χ0) is 24.5. The van der Waals surface area contributed by atoms with Gasteiger partial charge in [0.15, 0.2) is 11.6 Å². The Morgan fingerprint density at radius 1 is 1.06 bits per heavy atom. The van der Waals surface area contributed by atoms with Crippen LogP contribution in [0.4, 0.5) is 8.78 Å². The van der Waals surface area contributed by atoms with Crippen LogP contribution >= 0.6 is 22.6 Å². The molecule has 0 radical (unpaired) electrons. The Balaban J connectivity index is 2.27. The molecule has 174 valence electrons. The maximum atomic E-state index is 14.3. The molecule has 0 aliphatic carbocycles. The van der Waals surface area contributed by atoms with Crippen LogP contribution in [0.1, 0.15) is 26.3 Å². The minimum atomic E-state index is -0.985. The van der Waals surface area contributed by atoms with E-state index in [2.05, 4.69) is 0 Å². The predicted molar refractivity (Wildman–Crippen MR) is 128 cm³/mol. The van der Waals surface area contributed by atoms with Gasteiger partial charge in [0, 0.05) is 37.4 Å². The van der Waals surface area contributed by atoms with Gasteiger partial charge in [0.2, 0.25) is 0 Å². The largest absolute Gasteiger partial charge is 0.495 e. The van der Waals surface area contributed by atoms with Gasteiger partial charge >= 0.3 is 5.97 Å². The molecule has 0 bridgehead atoms. The van der Waals surface area contributed by atoms with Gasteiger partial charge in [0.25, 0.3) is 5.56 Å². The highest BCUT2D eigenvalue weighted by molar-refractivity contribution is 14.1. The molecule has 1 aromatic heterocycles. The lowest BCUT2D eigenvalue weighted by Crippen LogP contribution is -2.24. The molecule has 1 heterocycles. The molecule has 0 spiro atoms. The number of nitrogens with zero attached hydrogens (tertiary/aromatic N) is 1. The van der Waals surface area contributed by atoms with Crippen LogP contribution in [0, 0.1) is 15.2 Å². The molecule has 9 heteroatoms. The summed E-state index contributed by atoms with van der Waals surface area (Å²) in [5.74, 6) is -1.69. The molecule has 0 unspecified atom stereocenters. The molecule has 0 amide bonds. The number of methoxy groups -OCH3 is 1. The monoisotopic (exact) mass is 569 g/mol. The summed E-state index contributed by atoms with van der Waals surface area (Å²) in [6.07, 6.45) is 1.58. The number of hydrogen-bond acceptors (Lipinski definition) is 5. The number of carbonyl (C=O) groups is 1. The van der Waals surface area contributed by atoms with Gasteiger partial charge in [-0.25, -0.2) is 8.78 Å². The van der Waals surface area contributed by atoms with Crippen LogP contribution in [0.15, 0.2) is 47.4 Å². The molecule has 0 aliphatic heterocycles. The lowest BCUT2D eigenvalue weighted by atomic mass is 9.93. The van der Waals surface area contributed by atoms with Crippen molar-refractivity contribution in [2.75, 3.05) is 7.11 Å². The fourth-order valence-corrected chi connectivity index (χ4v) is 4.26. The van der Waals surface area contributed by atoms with Gasteiger partial charge in [-0.2, -0.15) is 0 Å². The number of rotatable bonds is 6. The standard InChI is InChI=1S/C24H22F2INO5/c1-13(29)33-24(2,3)14-6-8-19(32-20-9-7-15(25)11-18(20)26)16(10-14)17-12-28(4)23(30)21(27)22(17)31-5/h6-12H,1-5H3. The third kappa shape index (κ3) is 5.18. The van der Waals surface area contributed by atoms with Crippen LogP contribution in [0.2, 0.25) is 0 Å². The lowest BCUT2D eigenvalue weighted by molar-refractivity contribution is -0.154. The van der Waals surface area contributed by atoms with E-state index in [-0.39, 0.29) is 17.1 Å². The normalized spacial score (nSPS) is 11.3. The van der Waals surface area contributed by atoms with E-state index in [0.717, 1.165) is 12.1 Å². The molecule has 0 atom stereocenters. The van der Waals surface area contributed by atoms with E-state index in [1.807, 2.05) is 22.6 Å². The number of ether oxygens (including phenoxy) is 3. The van der Waals surface area contributed by atoms with Crippen molar-refractivity contribution in [2.45, 2.75) is 26.4 Å². The Labute approximate surface area is 203 Å². The van der Waals surface area contributed by atoms with E-state index < -0.39 is 23.2 Å². The number of aromatic nitrogens is 1. The van der Waals surface area contributed by atoms with Gasteiger partial charge in [-0.1, -0.05) is 6.07 Å². The number of hydrogen-bond donors (Lipinski definition) is 0. The van der Waals surface area contributed by atoms with Gasteiger partial charge in [0.05, 0.1) is 7.11 Å². The zero-order valence-corrected chi connectivity index (χ0v) is 20.8. The number of benzene rings is 2. The van der Waals surface area contributed by atoms with Gasteiger partial charge in [-0.15, -0.1) is 0 Å². The molecular weight excluding hydrogens is 547 g/mol. The predicted octanol–water partition coefficient (Wildman–Crippen LogP) is 5.53. The first-order valence-corrected chi connectivity index (χ1v) is 10.9. The van der Waals surface area contributed by atoms with Crippen LogP contribution in [-0.4, -0.2) is 17.6 Å². The zero-order valence-electron chi connectivity index (χ0n) is 18.7. The van der Waals surface area contributed by atoms with Gasteiger partial charge in [-0.3, -0.25) is 9.59 Å². The van der Waals surface area contributed by atoms with E-state index in [1.165, 1.54) is 24.7 Å². The van der Waals surface area contributed by atoms with E-state index >= 15 is 0 Å². The van der Waals surface area contributed by atoms with Crippen molar-refractivity contribution < 1.29 is 27.8 Å². The molecule has 0 saturated heterocycles. The van der Waals surface area contributed by atoms with Crippen molar-refractivity contribution in [3.63, 3.8) is 0 Å². The molecule has 6 nitrogen and oxygen atoms in total. The highest BCUT2D eigenvalue weighted by Crippen LogP contribution is 2.42. The van der Waals surface area contributed by atoms with E-state index in [4.69, 9.17) is 14.2 Å². The maximum absolute atomic E-state index is 14.3. The third-order valence-electron chi connectivity index (χ3n) is 4.96. The summed E-state index contributed by atoms with van der Waals surface area (Å²) in [5, 5.41) is 0. The Kier molecular flexibility index (Phi) is 7.11. The molecule has 2 aromatic carbocycles. The molecule has 3 aromatic rings. The molecule has 0 fully saturated rings. The summed E-state index contributed by atoms with van der Waals surface area (Å²) in [7, 11) is 3.04. The average molecular weight is 569 g/mol. The fourth-order valence-electron chi connectivity index (χ4n) is 3.37. The first-order chi connectivity index (χ1) is 15.4. The lowest BCUT2D eigenvalue weighted by Gasteiger charge is -2.26. The maximum Gasteiger partial charge on any atom is 0.303 e. The third-order valence-corrected chi connectivity index (χ3v) is 5.91. The number of pyridine rings is 1. The molecule has 3 rings (SSSR count). The fraction of sp³-hybridized carbons (Fsp3) is 0.250. The quantitative estimate of drug-likeness (QED) is 0.289. The van der Waals surface area contributed by atoms with Gasteiger partial charge in [-0.05, 0) is 66.3 Å². The summed E-state index contributed by atoms with van der Waals surface area (Å²) in [6, 6.07) is 8.00. The highest BCUT2D eigenvalue weighted by atomic mass is 127. The molecule has 0 N–H and O–H groups in total. The first-order valence-electron chi connectivity index (χ1n) is 9.85. The topological polar surface area (TPSA) is 66.8 Å². The van der Waals surface area contributed by atoms with Crippen LogP contribution in [-0.2, 0) is 22.2 Å². The Morgan fingerprint density at radius 3 is 2.33 bits per heavy atom. The summed E-state index contributed by atoms with van der Waals surface area (Å²) >= 11 is 1.90. The molecule has 0 aliphatic rings. The second-order valence-corrected chi connectivity index (χ2v) is 8.88. The minimum absolute atomic E-state index is 0.178. The summed E-state index contributed by atoms with van der Waals surface area (Å²) in [6.45, 7) is 4.78. The van der Waals surface area contributed by atoms with Crippen molar-refractivity contribution in [2.24, 2.45) is 7.05 Å². The first kappa shape index (κ1) is 24.7. The summed E-state index contributed by atoms with van der Waals surface area (Å²) < 4.78 is 46.2. The van der Waals surface area contributed by atoms with E-state index in [0.29, 0.717) is 26.0 Å². The van der Waals surface area contributed by atoms with Crippen LogP contribution in [0.25, 0.3) is 11.1 Å². The number of halogens is 3. The summed E-state index contributed by atoms with van der Waals surface area (Å²) in [4.78, 5) is 24.0. The second kappa shape index (κ2) is 9.50. The van der Waals surface area contributed by atoms with Crippen molar-refractivity contribution in [1.29, 1.82) is 0 Å².